The van der Waals surface area contributed by atoms with E-state index in [4.69, 9.17) is 16.3 Å². The van der Waals surface area contributed by atoms with Crippen LogP contribution >= 0.6 is 11.6 Å². The quantitative estimate of drug-likeness (QED) is 0.465. The van der Waals surface area contributed by atoms with Crippen molar-refractivity contribution in [3.8, 4) is 5.75 Å². The van der Waals surface area contributed by atoms with Crippen molar-refractivity contribution in [1.29, 1.82) is 0 Å². The second-order valence-electron chi connectivity index (χ2n) is 6.86. The molecule has 0 atom stereocenters. The Morgan fingerprint density at radius 3 is 2.37 bits per heavy atom. The summed E-state index contributed by atoms with van der Waals surface area (Å²) in [5, 5.41) is 6.60. The number of anilines is 1. The van der Waals surface area contributed by atoms with Gasteiger partial charge in [-0.15, -0.1) is 0 Å². The van der Waals surface area contributed by atoms with Crippen LogP contribution in [0, 0.1) is 0 Å². The number of hydrogen-bond acceptors (Lipinski definition) is 3. The minimum atomic E-state index is -0.178. The minimum absolute atomic E-state index is 0.178. The molecule has 30 heavy (non-hydrogen) atoms. The van der Waals surface area contributed by atoms with Gasteiger partial charge in [-0.2, -0.15) is 10.1 Å². The molecule has 0 radical (unpaired) electrons. The molecule has 0 saturated heterocycles. The van der Waals surface area contributed by atoms with Gasteiger partial charge in [0.05, 0.1) is 22.9 Å². The standard InChI is InChI=1S/C25H21ClN2O2/c1-2-15-30-23-14-13-18(17-22(23)26)16-21-24(19-9-5-3-6-10-19)27-28(25(21)29)20-11-7-4-8-12-20/h3-14,16-17H,2,15H2,1H3/b21-16-. The molecule has 0 saturated carbocycles. The molecule has 1 amide bonds. The van der Waals surface area contributed by atoms with Gasteiger partial charge in [0, 0.05) is 5.56 Å². The van der Waals surface area contributed by atoms with E-state index in [-0.39, 0.29) is 5.91 Å². The van der Waals surface area contributed by atoms with Crippen molar-refractivity contribution in [3.63, 3.8) is 0 Å². The Bertz CT molecular complexity index is 1110. The van der Waals surface area contributed by atoms with Crippen LogP contribution in [0.2, 0.25) is 5.02 Å². The van der Waals surface area contributed by atoms with Gasteiger partial charge in [0.15, 0.2) is 0 Å². The van der Waals surface area contributed by atoms with Crippen LogP contribution in [0.5, 0.6) is 5.75 Å². The van der Waals surface area contributed by atoms with Gasteiger partial charge < -0.3 is 4.74 Å². The monoisotopic (exact) mass is 416 g/mol. The first-order chi connectivity index (χ1) is 14.7. The predicted octanol–water partition coefficient (Wildman–Crippen LogP) is 5.96. The van der Waals surface area contributed by atoms with E-state index in [0.29, 0.717) is 28.7 Å². The summed E-state index contributed by atoms with van der Waals surface area (Å²) in [5.74, 6) is 0.462. The number of carbonyl (C=O) groups is 1. The van der Waals surface area contributed by atoms with Gasteiger partial charge in [0.1, 0.15) is 11.5 Å². The SMILES string of the molecule is CCCOc1ccc(/C=C2\C(=O)N(c3ccccc3)N=C2c2ccccc2)cc1Cl. The first-order valence-electron chi connectivity index (χ1n) is 9.85. The largest absolute Gasteiger partial charge is 0.492 e. The fourth-order valence-electron chi connectivity index (χ4n) is 3.20. The molecule has 0 fully saturated rings. The summed E-state index contributed by atoms with van der Waals surface area (Å²) in [6.45, 7) is 2.65. The van der Waals surface area contributed by atoms with E-state index >= 15 is 0 Å². The maximum atomic E-state index is 13.3. The molecule has 1 aliphatic rings. The Morgan fingerprint density at radius 1 is 1.00 bits per heavy atom. The lowest BCUT2D eigenvalue weighted by Gasteiger charge is -2.11. The van der Waals surface area contributed by atoms with E-state index in [1.165, 1.54) is 5.01 Å². The average Bonchev–Trinajstić information content (AvgIpc) is 3.10. The van der Waals surface area contributed by atoms with Gasteiger partial charge in [-0.1, -0.05) is 73.1 Å². The molecule has 0 spiro atoms. The van der Waals surface area contributed by atoms with Gasteiger partial charge >= 0.3 is 0 Å². The molecule has 150 valence electrons. The first kappa shape index (κ1) is 19.9. The second kappa shape index (κ2) is 8.97. The fraction of sp³-hybridized carbons (Fsp3) is 0.120. The predicted molar refractivity (Wildman–Crippen MR) is 122 cm³/mol. The zero-order chi connectivity index (χ0) is 20.9. The van der Waals surface area contributed by atoms with Crippen LogP contribution in [0.15, 0.2) is 89.5 Å². The lowest BCUT2D eigenvalue weighted by atomic mass is 10.0. The fourth-order valence-corrected chi connectivity index (χ4v) is 3.44. The summed E-state index contributed by atoms with van der Waals surface area (Å²) >= 11 is 6.39. The van der Waals surface area contributed by atoms with E-state index in [1.807, 2.05) is 85.8 Å². The molecule has 4 rings (SSSR count). The normalized spacial score (nSPS) is 14.9. The molecule has 1 heterocycles. The van der Waals surface area contributed by atoms with E-state index in [1.54, 1.807) is 6.07 Å². The van der Waals surface area contributed by atoms with E-state index in [2.05, 4.69) is 5.10 Å². The maximum Gasteiger partial charge on any atom is 0.281 e. The highest BCUT2D eigenvalue weighted by Crippen LogP contribution is 2.30. The Balaban J connectivity index is 1.74. The lowest BCUT2D eigenvalue weighted by Crippen LogP contribution is -2.21. The van der Waals surface area contributed by atoms with Crippen molar-refractivity contribution in [3.05, 3.63) is 101 Å². The van der Waals surface area contributed by atoms with Gasteiger partial charge in [-0.05, 0) is 42.3 Å². The average molecular weight is 417 g/mol. The third-order valence-electron chi connectivity index (χ3n) is 4.65. The lowest BCUT2D eigenvalue weighted by molar-refractivity contribution is -0.114. The molecular formula is C25H21ClN2O2. The molecule has 0 unspecified atom stereocenters. The van der Waals surface area contributed by atoms with Crippen LogP contribution in [0.3, 0.4) is 0 Å². The zero-order valence-corrected chi connectivity index (χ0v) is 17.3. The Hall–Kier alpha value is -3.37. The third-order valence-corrected chi connectivity index (χ3v) is 4.95. The van der Waals surface area contributed by atoms with Crippen LogP contribution in [0.25, 0.3) is 6.08 Å². The van der Waals surface area contributed by atoms with Gasteiger partial charge in [-0.25, -0.2) is 0 Å². The first-order valence-corrected chi connectivity index (χ1v) is 10.2. The van der Waals surface area contributed by atoms with Crippen LogP contribution in [-0.4, -0.2) is 18.2 Å². The van der Waals surface area contributed by atoms with E-state index in [9.17, 15) is 4.79 Å². The summed E-state index contributed by atoms with van der Waals surface area (Å²) in [6.07, 6.45) is 2.73. The van der Waals surface area contributed by atoms with Crippen molar-refractivity contribution < 1.29 is 9.53 Å². The van der Waals surface area contributed by atoms with Gasteiger partial charge in [0.2, 0.25) is 0 Å². The Morgan fingerprint density at radius 2 is 1.70 bits per heavy atom. The van der Waals surface area contributed by atoms with Gasteiger partial charge in [-0.3, -0.25) is 4.79 Å². The molecule has 3 aromatic carbocycles. The number of para-hydroxylation sites is 1. The summed E-state index contributed by atoms with van der Waals surface area (Å²) in [4.78, 5) is 13.3. The summed E-state index contributed by atoms with van der Waals surface area (Å²) in [6, 6.07) is 24.6. The Kier molecular flexibility index (Phi) is 5.96. The molecule has 0 aromatic heterocycles. The number of hydrazone groups is 1. The molecule has 5 heteroatoms. The van der Waals surface area contributed by atoms with Crippen LogP contribution < -0.4 is 9.75 Å². The van der Waals surface area contributed by atoms with E-state index < -0.39 is 0 Å². The summed E-state index contributed by atoms with van der Waals surface area (Å²) in [7, 11) is 0. The molecule has 0 bridgehead atoms. The highest BCUT2D eigenvalue weighted by molar-refractivity contribution is 6.37. The van der Waals surface area contributed by atoms with Crippen molar-refractivity contribution in [1.82, 2.24) is 0 Å². The maximum absolute atomic E-state index is 13.3. The number of benzene rings is 3. The number of amides is 1. The number of rotatable bonds is 6. The highest BCUT2D eigenvalue weighted by atomic mass is 35.5. The minimum Gasteiger partial charge on any atom is -0.492 e. The summed E-state index contributed by atoms with van der Waals surface area (Å²) in [5.41, 5.74) is 3.56. The summed E-state index contributed by atoms with van der Waals surface area (Å²) < 4.78 is 5.65. The topological polar surface area (TPSA) is 41.9 Å². The van der Waals surface area contributed by atoms with Crippen molar-refractivity contribution in [2.45, 2.75) is 13.3 Å². The number of hydrogen-bond donors (Lipinski definition) is 0. The third kappa shape index (κ3) is 4.14. The van der Waals surface area contributed by atoms with Crippen LogP contribution in [0.1, 0.15) is 24.5 Å². The zero-order valence-electron chi connectivity index (χ0n) is 16.6. The molecule has 0 N–H and O–H groups in total. The molecule has 3 aromatic rings. The van der Waals surface area contributed by atoms with Crippen molar-refractivity contribution in [2.24, 2.45) is 5.10 Å². The number of carbonyl (C=O) groups excluding carboxylic acids is 1. The van der Waals surface area contributed by atoms with Crippen LogP contribution in [0.4, 0.5) is 5.69 Å². The van der Waals surface area contributed by atoms with Crippen molar-refractivity contribution >= 4 is 35.0 Å². The molecular weight excluding hydrogens is 396 g/mol. The van der Waals surface area contributed by atoms with Gasteiger partial charge in [0.25, 0.3) is 5.91 Å². The molecule has 1 aliphatic heterocycles. The van der Waals surface area contributed by atoms with E-state index in [0.717, 1.165) is 23.2 Å². The molecule has 0 aliphatic carbocycles. The Labute approximate surface area is 181 Å². The van der Waals surface area contributed by atoms with Crippen LogP contribution in [-0.2, 0) is 4.79 Å². The smallest absolute Gasteiger partial charge is 0.281 e. The second-order valence-corrected chi connectivity index (χ2v) is 7.27. The number of ether oxygens (including phenoxy) is 1. The highest BCUT2D eigenvalue weighted by Gasteiger charge is 2.31. The number of halogens is 1. The number of nitrogens with zero attached hydrogens (tertiary/aromatic N) is 2. The molecule has 4 nitrogen and oxygen atoms in total. The van der Waals surface area contributed by atoms with Crippen molar-refractivity contribution in [2.75, 3.05) is 11.6 Å².